The predicted molar refractivity (Wildman–Crippen MR) is 82.2 cm³/mol. The van der Waals surface area contributed by atoms with E-state index in [4.69, 9.17) is 0 Å². The maximum absolute atomic E-state index is 11.9. The smallest absolute Gasteiger partial charge is 0.241 e. The molecule has 1 amide bonds. The van der Waals surface area contributed by atoms with Gasteiger partial charge in [0.05, 0.1) is 6.54 Å². The number of nitrogens with zero attached hydrogens (tertiary/aromatic N) is 4. The van der Waals surface area contributed by atoms with Crippen LogP contribution < -0.4 is 10.2 Å². The van der Waals surface area contributed by atoms with Gasteiger partial charge in [-0.1, -0.05) is 6.92 Å². The molecular formula is C14H25N5O. The van der Waals surface area contributed by atoms with Crippen LogP contribution in [0.4, 0.5) is 11.6 Å². The van der Waals surface area contributed by atoms with Gasteiger partial charge in [0.25, 0.3) is 0 Å². The summed E-state index contributed by atoms with van der Waals surface area (Å²) in [6.07, 6.45) is 2.38. The quantitative estimate of drug-likeness (QED) is 0.817. The molecule has 6 nitrogen and oxygen atoms in total. The molecule has 0 spiro atoms. The van der Waals surface area contributed by atoms with Crippen LogP contribution in [0.5, 0.6) is 0 Å². The summed E-state index contributed by atoms with van der Waals surface area (Å²) in [5.41, 5.74) is 1.06. The monoisotopic (exact) mass is 279 g/mol. The molecule has 1 aromatic heterocycles. The van der Waals surface area contributed by atoms with E-state index in [1.807, 2.05) is 18.7 Å². The van der Waals surface area contributed by atoms with Crippen molar-refractivity contribution in [2.24, 2.45) is 0 Å². The fraction of sp³-hybridized carbons (Fsp3) is 0.643. The van der Waals surface area contributed by atoms with Crippen molar-refractivity contribution in [2.75, 3.05) is 43.9 Å². The number of rotatable bonds is 7. The highest BCUT2D eigenvalue weighted by Gasteiger charge is 2.18. The zero-order chi connectivity index (χ0) is 15.1. The molecule has 0 fully saturated rings. The van der Waals surface area contributed by atoms with E-state index in [9.17, 15) is 4.79 Å². The van der Waals surface area contributed by atoms with Gasteiger partial charge in [0, 0.05) is 32.7 Å². The molecule has 20 heavy (non-hydrogen) atoms. The molecule has 112 valence electrons. The molecular weight excluding hydrogens is 254 g/mol. The normalized spacial score (nSPS) is 10.2. The fourth-order valence-electron chi connectivity index (χ4n) is 1.96. The molecule has 1 N–H and O–H groups in total. The summed E-state index contributed by atoms with van der Waals surface area (Å²) in [6.45, 7) is 8.01. The lowest BCUT2D eigenvalue weighted by atomic mass is 10.2. The number of anilines is 2. The molecule has 0 radical (unpaired) electrons. The van der Waals surface area contributed by atoms with Gasteiger partial charge in [0.15, 0.2) is 0 Å². The van der Waals surface area contributed by atoms with E-state index in [2.05, 4.69) is 22.2 Å². The van der Waals surface area contributed by atoms with E-state index >= 15 is 0 Å². The lowest BCUT2D eigenvalue weighted by molar-refractivity contribution is -0.127. The summed E-state index contributed by atoms with van der Waals surface area (Å²) < 4.78 is 0. The zero-order valence-electron chi connectivity index (χ0n) is 13.1. The van der Waals surface area contributed by atoms with E-state index in [-0.39, 0.29) is 5.91 Å². The molecule has 0 unspecified atom stereocenters. The standard InChI is InChI=1S/C14H25N5O/c1-6-11-13(15-7-2)16-10-17-14(11)19(8-3)9-12(20)18(4)5/h10H,6-9H2,1-5H3,(H,15,16,17). The van der Waals surface area contributed by atoms with Gasteiger partial charge in [-0.05, 0) is 20.3 Å². The molecule has 0 aliphatic carbocycles. The summed E-state index contributed by atoms with van der Waals surface area (Å²) in [6, 6.07) is 0. The molecule has 0 bridgehead atoms. The maximum Gasteiger partial charge on any atom is 0.241 e. The minimum absolute atomic E-state index is 0.0671. The minimum atomic E-state index is 0.0671. The van der Waals surface area contributed by atoms with Gasteiger partial charge < -0.3 is 15.1 Å². The topological polar surface area (TPSA) is 61.4 Å². The third-order valence-corrected chi connectivity index (χ3v) is 3.13. The van der Waals surface area contributed by atoms with Crippen LogP contribution in [0.3, 0.4) is 0 Å². The van der Waals surface area contributed by atoms with Crippen LogP contribution in [-0.2, 0) is 11.2 Å². The Morgan fingerprint density at radius 1 is 1.25 bits per heavy atom. The van der Waals surface area contributed by atoms with Crippen molar-refractivity contribution < 1.29 is 4.79 Å². The van der Waals surface area contributed by atoms with E-state index in [0.29, 0.717) is 6.54 Å². The van der Waals surface area contributed by atoms with Crippen LogP contribution in [0, 0.1) is 0 Å². The second-order valence-electron chi connectivity index (χ2n) is 4.71. The first-order chi connectivity index (χ1) is 9.54. The van der Waals surface area contributed by atoms with Crippen LogP contribution in [0.15, 0.2) is 6.33 Å². The number of aromatic nitrogens is 2. The lowest BCUT2D eigenvalue weighted by Gasteiger charge is -2.25. The molecule has 1 heterocycles. The zero-order valence-corrected chi connectivity index (χ0v) is 13.1. The summed E-state index contributed by atoms with van der Waals surface area (Å²) >= 11 is 0. The van der Waals surface area contributed by atoms with Gasteiger partial charge in [0.1, 0.15) is 18.0 Å². The number of amides is 1. The van der Waals surface area contributed by atoms with E-state index in [0.717, 1.165) is 36.7 Å². The fourth-order valence-corrected chi connectivity index (χ4v) is 1.96. The number of carbonyl (C=O) groups is 1. The largest absolute Gasteiger partial charge is 0.370 e. The highest BCUT2D eigenvalue weighted by atomic mass is 16.2. The first-order valence-electron chi connectivity index (χ1n) is 7.07. The Bertz CT molecular complexity index is 447. The van der Waals surface area contributed by atoms with Crippen molar-refractivity contribution in [1.29, 1.82) is 0 Å². The van der Waals surface area contributed by atoms with Crippen molar-refractivity contribution in [3.63, 3.8) is 0 Å². The molecule has 1 aromatic rings. The highest BCUT2D eigenvalue weighted by molar-refractivity contribution is 5.81. The molecule has 0 aromatic carbocycles. The summed E-state index contributed by atoms with van der Waals surface area (Å²) in [7, 11) is 3.53. The Morgan fingerprint density at radius 3 is 2.45 bits per heavy atom. The summed E-state index contributed by atoms with van der Waals surface area (Å²) in [5.74, 6) is 1.77. The average Bonchev–Trinajstić information content (AvgIpc) is 2.44. The number of hydrogen-bond donors (Lipinski definition) is 1. The van der Waals surface area contributed by atoms with Crippen molar-refractivity contribution in [2.45, 2.75) is 27.2 Å². The van der Waals surface area contributed by atoms with Crippen molar-refractivity contribution >= 4 is 17.5 Å². The first-order valence-corrected chi connectivity index (χ1v) is 7.07. The van der Waals surface area contributed by atoms with Crippen LogP contribution in [0.1, 0.15) is 26.3 Å². The minimum Gasteiger partial charge on any atom is -0.370 e. The van der Waals surface area contributed by atoms with Crippen molar-refractivity contribution in [1.82, 2.24) is 14.9 Å². The third-order valence-electron chi connectivity index (χ3n) is 3.13. The summed E-state index contributed by atoms with van der Waals surface area (Å²) in [4.78, 5) is 24.2. The van der Waals surface area contributed by atoms with E-state index < -0.39 is 0 Å². The second-order valence-corrected chi connectivity index (χ2v) is 4.71. The highest BCUT2D eigenvalue weighted by Crippen LogP contribution is 2.23. The number of hydrogen-bond acceptors (Lipinski definition) is 5. The molecule has 0 atom stereocenters. The Morgan fingerprint density at radius 2 is 1.95 bits per heavy atom. The average molecular weight is 279 g/mol. The van der Waals surface area contributed by atoms with Crippen molar-refractivity contribution in [3.05, 3.63) is 11.9 Å². The van der Waals surface area contributed by atoms with Crippen LogP contribution >= 0.6 is 0 Å². The predicted octanol–water partition coefficient (Wildman–Crippen LogP) is 1.39. The van der Waals surface area contributed by atoms with Gasteiger partial charge in [-0.15, -0.1) is 0 Å². The molecule has 0 saturated carbocycles. The SMILES string of the molecule is CCNc1ncnc(N(CC)CC(=O)N(C)C)c1CC. The molecule has 1 rings (SSSR count). The lowest BCUT2D eigenvalue weighted by Crippen LogP contribution is -2.37. The Balaban J connectivity index is 3.08. The second kappa shape index (κ2) is 7.67. The van der Waals surface area contributed by atoms with Gasteiger partial charge in [-0.3, -0.25) is 4.79 Å². The van der Waals surface area contributed by atoms with Gasteiger partial charge in [-0.25, -0.2) is 9.97 Å². The summed E-state index contributed by atoms with van der Waals surface area (Å²) in [5, 5.41) is 3.25. The third kappa shape index (κ3) is 3.82. The van der Waals surface area contributed by atoms with E-state index in [1.54, 1.807) is 25.3 Å². The molecule has 0 aliphatic heterocycles. The number of likely N-dealkylation sites (N-methyl/N-ethyl adjacent to an activating group) is 2. The molecule has 0 saturated heterocycles. The van der Waals surface area contributed by atoms with Gasteiger partial charge >= 0.3 is 0 Å². The Kier molecular flexibility index (Phi) is 6.21. The van der Waals surface area contributed by atoms with Crippen LogP contribution in [0.25, 0.3) is 0 Å². The molecule has 0 aliphatic rings. The van der Waals surface area contributed by atoms with E-state index in [1.165, 1.54) is 0 Å². The Labute approximate surface area is 121 Å². The Hall–Kier alpha value is -1.85. The number of nitrogens with one attached hydrogen (secondary N) is 1. The van der Waals surface area contributed by atoms with Gasteiger partial charge in [0.2, 0.25) is 5.91 Å². The molecule has 6 heteroatoms. The van der Waals surface area contributed by atoms with Gasteiger partial charge in [-0.2, -0.15) is 0 Å². The van der Waals surface area contributed by atoms with Crippen LogP contribution in [-0.4, -0.2) is 54.5 Å². The maximum atomic E-state index is 11.9. The first kappa shape index (κ1) is 16.2. The van der Waals surface area contributed by atoms with Crippen molar-refractivity contribution in [3.8, 4) is 0 Å². The van der Waals surface area contributed by atoms with Crippen LogP contribution in [0.2, 0.25) is 0 Å². The number of carbonyl (C=O) groups excluding carboxylic acids is 1.